The third kappa shape index (κ3) is 6.56. The molecule has 222 valence electrons. The normalized spacial score (nSPS) is 14.3. The van der Waals surface area contributed by atoms with Crippen molar-refractivity contribution in [3.63, 3.8) is 0 Å². The minimum absolute atomic E-state index is 0.00663. The van der Waals surface area contributed by atoms with Gasteiger partial charge in [-0.1, -0.05) is 18.2 Å². The van der Waals surface area contributed by atoms with Gasteiger partial charge in [-0.2, -0.15) is 0 Å². The highest BCUT2D eigenvalue weighted by Gasteiger charge is 2.45. The van der Waals surface area contributed by atoms with Crippen molar-refractivity contribution in [1.29, 1.82) is 0 Å². The number of rotatable bonds is 11. The number of pyridine rings is 1. The number of hydrogen-bond acceptors (Lipinski definition) is 6. The number of carbonyl (C=O) groups is 3. The Morgan fingerprint density at radius 3 is 2.40 bits per heavy atom. The van der Waals surface area contributed by atoms with Crippen LogP contribution in [0, 0.1) is 5.41 Å². The van der Waals surface area contributed by atoms with E-state index in [9.17, 15) is 14.4 Å². The molecule has 0 saturated carbocycles. The smallest absolute Gasteiger partial charge is 0.253 e. The van der Waals surface area contributed by atoms with E-state index in [4.69, 9.17) is 4.74 Å². The monoisotopic (exact) mass is 571 g/mol. The Labute approximate surface area is 248 Å². The summed E-state index contributed by atoms with van der Waals surface area (Å²) in [5.74, 6) is 0.203. The molecule has 0 fully saturated rings. The van der Waals surface area contributed by atoms with Crippen LogP contribution in [0.3, 0.4) is 0 Å². The fraction of sp³-hybridized carbons (Fsp3) is 0.394. The van der Waals surface area contributed by atoms with E-state index in [0.717, 1.165) is 24.2 Å². The number of benzene rings is 2. The van der Waals surface area contributed by atoms with Gasteiger partial charge in [-0.25, -0.2) is 0 Å². The molecule has 0 saturated heterocycles. The van der Waals surface area contributed by atoms with E-state index in [1.54, 1.807) is 35.6 Å². The SMILES string of the molecule is CCN1C(=O)C(C)(C)C(=O)N(C)c2cc(OCCCc3cc(N(C)CCN(C)C(=O)c4ccccc4)ccn3)ccc21. The molecule has 0 atom stereocenters. The second-order valence-corrected chi connectivity index (χ2v) is 11.2. The van der Waals surface area contributed by atoms with E-state index in [1.165, 1.54) is 0 Å². The molecule has 0 aliphatic carbocycles. The zero-order chi connectivity index (χ0) is 30.4. The summed E-state index contributed by atoms with van der Waals surface area (Å²) in [5, 5.41) is 0. The number of aryl methyl sites for hydroxylation is 1. The Bertz CT molecular complexity index is 1420. The summed E-state index contributed by atoms with van der Waals surface area (Å²) in [6.07, 6.45) is 3.30. The van der Waals surface area contributed by atoms with E-state index < -0.39 is 5.41 Å². The van der Waals surface area contributed by atoms with Gasteiger partial charge < -0.3 is 24.3 Å². The van der Waals surface area contributed by atoms with Crippen LogP contribution < -0.4 is 19.4 Å². The van der Waals surface area contributed by atoms with Gasteiger partial charge in [0.05, 0.1) is 18.0 Å². The number of ether oxygens (including phenoxy) is 1. The van der Waals surface area contributed by atoms with E-state index in [2.05, 4.69) is 16.0 Å². The largest absolute Gasteiger partial charge is 0.494 e. The highest BCUT2D eigenvalue weighted by molar-refractivity contribution is 6.20. The number of aromatic nitrogens is 1. The summed E-state index contributed by atoms with van der Waals surface area (Å²) in [5.41, 5.74) is 2.91. The standard InChI is InChI=1S/C33H41N5O4/c1-7-38-28-16-15-27(23-29(28)37(6)31(40)33(2,3)32(38)41)42-21-11-14-25-22-26(17-18-34-25)35(4)19-20-36(5)30(39)24-12-9-8-10-13-24/h8-10,12-13,15-18,22-23H,7,11,14,19-21H2,1-6H3. The Balaban J connectivity index is 1.31. The molecule has 0 radical (unpaired) electrons. The number of nitrogens with zero attached hydrogens (tertiary/aromatic N) is 5. The fourth-order valence-corrected chi connectivity index (χ4v) is 5.09. The molecule has 1 aliphatic rings. The van der Waals surface area contributed by atoms with Gasteiger partial charge in [0.1, 0.15) is 11.2 Å². The Morgan fingerprint density at radius 2 is 1.69 bits per heavy atom. The Hall–Kier alpha value is -4.40. The van der Waals surface area contributed by atoms with Crippen LogP contribution in [0.2, 0.25) is 0 Å². The van der Waals surface area contributed by atoms with Crippen LogP contribution in [-0.2, 0) is 16.0 Å². The van der Waals surface area contributed by atoms with Gasteiger partial charge in [-0.05, 0) is 70.0 Å². The summed E-state index contributed by atoms with van der Waals surface area (Å²) < 4.78 is 6.05. The highest BCUT2D eigenvalue weighted by atomic mass is 16.5. The third-order valence-corrected chi connectivity index (χ3v) is 7.76. The second kappa shape index (κ2) is 13.1. The lowest BCUT2D eigenvalue weighted by molar-refractivity contribution is -0.137. The van der Waals surface area contributed by atoms with Crippen molar-refractivity contribution in [2.75, 3.05) is 62.1 Å². The van der Waals surface area contributed by atoms with Crippen LogP contribution in [0.1, 0.15) is 43.2 Å². The first-order valence-corrected chi connectivity index (χ1v) is 14.4. The predicted molar refractivity (Wildman–Crippen MR) is 166 cm³/mol. The van der Waals surface area contributed by atoms with Crippen LogP contribution in [-0.4, -0.2) is 75.0 Å². The van der Waals surface area contributed by atoms with Gasteiger partial charge in [-0.15, -0.1) is 0 Å². The molecular weight excluding hydrogens is 530 g/mol. The molecule has 9 nitrogen and oxygen atoms in total. The fourth-order valence-electron chi connectivity index (χ4n) is 5.09. The van der Waals surface area contributed by atoms with Gasteiger partial charge in [0.2, 0.25) is 11.8 Å². The van der Waals surface area contributed by atoms with Gasteiger partial charge in [0.15, 0.2) is 0 Å². The molecule has 3 amide bonds. The zero-order valence-corrected chi connectivity index (χ0v) is 25.5. The summed E-state index contributed by atoms with van der Waals surface area (Å²) >= 11 is 0. The van der Waals surface area contributed by atoms with Crippen molar-refractivity contribution in [2.45, 2.75) is 33.6 Å². The zero-order valence-electron chi connectivity index (χ0n) is 25.5. The molecule has 3 aromatic rings. The molecule has 9 heteroatoms. The topological polar surface area (TPSA) is 86.3 Å². The second-order valence-electron chi connectivity index (χ2n) is 11.2. The minimum atomic E-state index is -1.14. The van der Waals surface area contributed by atoms with Crippen LogP contribution in [0.25, 0.3) is 0 Å². The van der Waals surface area contributed by atoms with Gasteiger partial charge >= 0.3 is 0 Å². The van der Waals surface area contributed by atoms with E-state index >= 15 is 0 Å². The van der Waals surface area contributed by atoms with E-state index in [-0.39, 0.29) is 17.7 Å². The van der Waals surface area contributed by atoms with Crippen LogP contribution >= 0.6 is 0 Å². The Morgan fingerprint density at radius 1 is 0.952 bits per heavy atom. The molecule has 42 heavy (non-hydrogen) atoms. The number of anilines is 3. The summed E-state index contributed by atoms with van der Waals surface area (Å²) in [7, 11) is 5.53. The molecule has 2 aromatic carbocycles. The third-order valence-electron chi connectivity index (χ3n) is 7.76. The van der Waals surface area contributed by atoms with E-state index in [0.29, 0.717) is 48.9 Å². The number of hydrogen-bond donors (Lipinski definition) is 0. The molecule has 0 N–H and O–H groups in total. The molecule has 1 aromatic heterocycles. The first-order chi connectivity index (χ1) is 20.0. The number of fused-ring (bicyclic) bond motifs is 1. The summed E-state index contributed by atoms with van der Waals surface area (Å²) in [6, 6.07) is 18.9. The van der Waals surface area contributed by atoms with Crippen molar-refractivity contribution in [3.8, 4) is 5.75 Å². The number of likely N-dealkylation sites (N-methyl/N-ethyl adjacent to an activating group) is 2. The first-order valence-electron chi connectivity index (χ1n) is 14.4. The maximum absolute atomic E-state index is 13.1. The molecule has 0 spiro atoms. The molecule has 0 unspecified atom stereocenters. The van der Waals surface area contributed by atoms with Gasteiger partial charge in [0, 0.05) is 70.0 Å². The van der Waals surface area contributed by atoms with E-state index in [1.807, 2.05) is 81.8 Å². The van der Waals surface area contributed by atoms with Gasteiger partial charge in [0.25, 0.3) is 5.91 Å². The van der Waals surface area contributed by atoms with Gasteiger partial charge in [-0.3, -0.25) is 19.4 Å². The van der Waals surface area contributed by atoms with Crippen LogP contribution in [0.4, 0.5) is 17.1 Å². The van der Waals surface area contributed by atoms with Crippen molar-refractivity contribution < 1.29 is 19.1 Å². The lowest BCUT2D eigenvalue weighted by Gasteiger charge is -2.27. The molecular formula is C33H41N5O4. The average Bonchev–Trinajstić information content (AvgIpc) is 3.06. The average molecular weight is 572 g/mol. The maximum atomic E-state index is 13.1. The predicted octanol–water partition coefficient (Wildman–Crippen LogP) is 4.66. The molecule has 0 bridgehead atoms. The van der Waals surface area contributed by atoms with Crippen molar-refractivity contribution >= 4 is 34.8 Å². The van der Waals surface area contributed by atoms with Crippen LogP contribution in [0.5, 0.6) is 5.75 Å². The van der Waals surface area contributed by atoms with Crippen molar-refractivity contribution in [1.82, 2.24) is 9.88 Å². The molecule has 4 rings (SSSR count). The first kappa shape index (κ1) is 30.6. The number of amides is 3. The lowest BCUT2D eigenvalue weighted by Crippen LogP contribution is -2.47. The minimum Gasteiger partial charge on any atom is -0.494 e. The summed E-state index contributed by atoms with van der Waals surface area (Å²) in [4.78, 5) is 50.4. The highest BCUT2D eigenvalue weighted by Crippen LogP contribution is 2.40. The lowest BCUT2D eigenvalue weighted by atomic mass is 9.90. The Kier molecular flexibility index (Phi) is 9.50. The van der Waals surface area contributed by atoms with Crippen molar-refractivity contribution in [3.05, 3.63) is 78.1 Å². The quantitative estimate of drug-likeness (QED) is 0.246. The maximum Gasteiger partial charge on any atom is 0.253 e. The van der Waals surface area contributed by atoms with Crippen LogP contribution in [0.15, 0.2) is 66.9 Å². The molecule has 1 aliphatic heterocycles. The number of carbonyl (C=O) groups excluding carboxylic acids is 3. The molecule has 2 heterocycles. The van der Waals surface area contributed by atoms with Crippen molar-refractivity contribution in [2.24, 2.45) is 5.41 Å². The summed E-state index contributed by atoms with van der Waals surface area (Å²) in [6.45, 7) is 7.49.